The second-order valence-corrected chi connectivity index (χ2v) is 7.65. The molecule has 0 saturated carbocycles. The highest BCUT2D eigenvalue weighted by atomic mass is 16.5. The minimum absolute atomic E-state index is 0.832. The molecule has 1 aliphatic carbocycles. The molecule has 0 N–H and O–H groups in total. The van der Waals surface area contributed by atoms with Crippen molar-refractivity contribution in [1.82, 2.24) is 0 Å². The summed E-state index contributed by atoms with van der Waals surface area (Å²) in [6.07, 6.45) is 18.6. The Hall–Kier alpha value is -1.24. The van der Waals surface area contributed by atoms with Gasteiger partial charge >= 0.3 is 0 Å². The molecular formula is C24H38O. The number of hydrogen-bond donors (Lipinski definition) is 0. The lowest BCUT2D eigenvalue weighted by Crippen LogP contribution is -2.05. The topological polar surface area (TPSA) is 9.23 Å². The van der Waals surface area contributed by atoms with Gasteiger partial charge < -0.3 is 4.74 Å². The van der Waals surface area contributed by atoms with Gasteiger partial charge in [0.1, 0.15) is 5.75 Å². The van der Waals surface area contributed by atoms with Crippen LogP contribution in [0.3, 0.4) is 0 Å². The van der Waals surface area contributed by atoms with Gasteiger partial charge in [-0.3, -0.25) is 0 Å². The van der Waals surface area contributed by atoms with E-state index in [1.54, 1.807) is 5.57 Å². The summed E-state index contributed by atoms with van der Waals surface area (Å²) in [5.41, 5.74) is 2.93. The van der Waals surface area contributed by atoms with E-state index in [0.717, 1.165) is 24.7 Å². The highest BCUT2D eigenvalue weighted by Gasteiger charge is 2.15. The molecule has 140 valence electrons. The SMILES string of the molecule is CCCCCCCCC1CC=C(c2ccc(OCCCC)cc2)CC1. The number of hydrogen-bond acceptors (Lipinski definition) is 1. The quantitative estimate of drug-likeness (QED) is 0.352. The third-order valence-corrected chi connectivity index (χ3v) is 5.48. The summed E-state index contributed by atoms with van der Waals surface area (Å²) in [7, 11) is 0. The highest BCUT2D eigenvalue weighted by molar-refractivity contribution is 5.66. The molecule has 1 aliphatic rings. The van der Waals surface area contributed by atoms with Gasteiger partial charge in [-0.05, 0) is 54.9 Å². The maximum atomic E-state index is 5.77. The van der Waals surface area contributed by atoms with Crippen molar-refractivity contribution in [2.24, 2.45) is 5.92 Å². The molecule has 1 unspecified atom stereocenters. The van der Waals surface area contributed by atoms with Crippen LogP contribution in [0.2, 0.25) is 0 Å². The van der Waals surface area contributed by atoms with E-state index in [1.165, 1.54) is 76.2 Å². The van der Waals surface area contributed by atoms with Gasteiger partial charge in [-0.15, -0.1) is 0 Å². The summed E-state index contributed by atoms with van der Waals surface area (Å²) in [5.74, 6) is 1.93. The Morgan fingerprint density at radius 1 is 0.880 bits per heavy atom. The van der Waals surface area contributed by atoms with Crippen LogP contribution in [0, 0.1) is 5.92 Å². The third-order valence-electron chi connectivity index (χ3n) is 5.48. The smallest absolute Gasteiger partial charge is 0.119 e. The molecule has 0 amide bonds. The van der Waals surface area contributed by atoms with Crippen molar-refractivity contribution >= 4 is 5.57 Å². The Balaban J connectivity index is 1.69. The molecule has 0 fully saturated rings. The molecular weight excluding hydrogens is 304 g/mol. The van der Waals surface area contributed by atoms with Crippen molar-refractivity contribution in [3.63, 3.8) is 0 Å². The summed E-state index contributed by atoms with van der Waals surface area (Å²) in [6, 6.07) is 8.74. The zero-order chi connectivity index (χ0) is 17.7. The summed E-state index contributed by atoms with van der Waals surface area (Å²) in [6.45, 7) is 5.32. The van der Waals surface area contributed by atoms with Gasteiger partial charge in [0.2, 0.25) is 0 Å². The number of benzene rings is 1. The molecule has 1 nitrogen and oxygen atoms in total. The van der Waals surface area contributed by atoms with Crippen LogP contribution in [-0.2, 0) is 0 Å². The lowest BCUT2D eigenvalue weighted by Gasteiger charge is -2.22. The second kappa shape index (κ2) is 12.2. The van der Waals surface area contributed by atoms with E-state index in [0.29, 0.717) is 0 Å². The Bertz CT molecular complexity index is 485. The van der Waals surface area contributed by atoms with E-state index in [1.807, 2.05) is 0 Å². The van der Waals surface area contributed by atoms with Gasteiger partial charge in [0.15, 0.2) is 0 Å². The fraction of sp³-hybridized carbons (Fsp3) is 0.667. The van der Waals surface area contributed by atoms with Crippen molar-refractivity contribution in [3.05, 3.63) is 35.9 Å². The van der Waals surface area contributed by atoms with Gasteiger partial charge in [0, 0.05) is 0 Å². The second-order valence-electron chi connectivity index (χ2n) is 7.65. The molecule has 25 heavy (non-hydrogen) atoms. The fourth-order valence-corrected chi connectivity index (χ4v) is 3.73. The van der Waals surface area contributed by atoms with Crippen molar-refractivity contribution in [2.45, 2.75) is 90.9 Å². The van der Waals surface area contributed by atoms with E-state index < -0.39 is 0 Å². The molecule has 0 radical (unpaired) electrons. The Morgan fingerprint density at radius 3 is 2.28 bits per heavy atom. The maximum Gasteiger partial charge on any atom is 0.119 e. The largest absolute Gasteiger partial charge is 0.494 e. The highest BCUT2D eigenvalue weighted by Crippen LogP contribution is 2.33. The zero-order valence-corrected chi connectivity index (χ0v) is 16.6. The first-order valence-electron chi connectivity index (χ1n) is 10.8. The molecule has 1 heteroatoms. The van der Waals surface area contributed by atoms with Crippen LogP contribution in [-0.4, -0.2) is 6.61 Å². The van der Waals surface area contributed by atoms with Crippen molar-refractivity contribution in [3.8, 4) is 5.75 Å². The average molecular weight is 343 g/mol. The van der Waals surface area contributed by atoms with E-state index >= 15 is 0 Å². The Kier molecular flexibility index (Phi) is 9.77. The van der Waals surface area contributed by atoms with Crippen LogP contribution in [0.15, 0.2) is 30.3 Å². The number of unbranched alkanes of at least 4 members (excludes halogenated alkanes) is 6. The van der Waals surface area contributed by atoms with E-state index in [-0.39, 0.29) is 0 Å². The van der Waals surface area contributed by atoms with Crippen LogP contribution in [0.25, 0.3) is 5.57 Å². The van der Waals surface area contributed by atoms with Gasteiger partial charge in [0.05, 0.1) is 6.61 Å². The molecule has 0 heterocycles. The van der Waals surface area contributed by atoms with E-state index in [4.69, 9.17) is 4.74 Å². The monoisotopic (exact) mass is 342 g/mol. The average Bonchev–Trinajstić information content (AvgIpc) is 2.66. The summed E-state index contributed by atoms with van der Waals surface area (Å²) in [4.78, 5) is 0. The first-order chi connectivity index (χ1) is 12.3. The van der Waals surface area contributed by atoms with Crippen molar-refractivity contribution in [2.75, 3.05) is 6.61 Å². The van der Waals surface area contributed by atoms with Crippen molar-refractivity contribution < 1.29 is 4.74 Å². The third kappa shape index (κ3) is 7.67. The summed E-state index contributed by atoms with van der Waals surface area (Å²) in [5, 5.41) is 0. The van der Waals surface area contributed by atoms with Crippen LogP contribution in [0.4, 0.5) is 0 Å². The zero-order valence-electron chi connectivity index (χ0n) is 16.6. The molecule has 0 aliphatic heterocycles. The molecule has 0 aromatic heterocycles. The molecule has 0 bridgehead atoms. The lowest BCUT2D eigenvalue weighted by molar-refractivity contribution is 0.309. The van der Waals surface area contributed by atoms with Crippen molar-refractivity contribution in [1.29, 1.82) is 0 Å². The van der Waals surface area contributed by atoms with Crippen LogP contribution in [0.1, 0.15) is 96.5 Å². The predicted molar refractivity (Wildman–Crippen MR) is 110 cm³/mol. The number of allylic oxidation sites excluding steroid dienone is 2. The molecule has 0 saturated heterocycles. The molecule has 2 rings (SSSR count). The normalized spacial score (nSPS) is 17.4. The predicted octanol–water partition coefficient (Wildman–Crippen LogP) is 7.80. The fourth-order valence-electron chi connectivity index (χ4n) is 3.73. The minimum atomic E-state index is 0.832. The number of ether oxygens (including phenoxy) is 1. The lowest BCUT2D eigenvalue weighted by atomic mass is 9.84. The standard InChI is InChI=1S/C24H38O/c1-3-5-7-8-9-10-11-21-12-14-22(15-13-21)23-16-18-24(19-17-23)25-20-6-4-2/h14,16-19,21H,3-13,15,20H2,1-2H3. The first kappa shape index (κ1) is 20.1. The molecule has 1 atom stereocenters. The molecule has 1 aromatic rings. The van der Waals surface area contributed by atoms with E-state index in [9.17, 15) is 0 Å². The maximum absolute atomic E-state index is 5.77. The summed E-state index contributed by atoms with van der Waals surface area (Å²) < 4.78 is 5.77. The first-order valence-corrected chi connectivity index (χ1v) is 10.8. The van der Waals surface area contributed by atoms with Crippen LogP contribution < -0.4 is 4.74 Å². The van der Waals surface area contributed by atoms with Crippen LogP contribution in [0.5, 0.6) is 5.75 Å². The van der Waals surface area contributed by atoms with Crippen LogP contribution >= 0.6 is 0 Å². The minimum Gasteiger partial charge on any atom is -0.494 e. The van der Waals surface area contributed by atoms with Gasteiger partial charge in [-0.25, -0.2) is 0 Å². The number of rotatable bonds is 12. The Labute approximate surface area is 155 Å². The van der Waals surface area contributed by atoms with Gasteiger partial charge in [0.25, 0.3) is 0 Å². The Morgan fingerprint density at radius 2 is 1.60 bits per heavy atom. The van der Waals surface area contributed by atoms with Gasteiger partial charge in [-0.2, -0.15) is 0 Å². The molecule has 1 aromatic carbocycles. The van der Waals surface area contributed by atoms with E-state index in [2.05, 4.69) is 44.2 Å². The van der Waals surface area contributed by atoms with Gasteiger partial charge in [-0.1, -0.05) is 83.4 Å². The summed E-state index contributed by atoms with van der Waals surface area (Å²) >= 11 is 0. The molecule has 0 spiro atoms.